The minimum atomic E-state index is -0.115. The number of para-hydroxylation sites is 1. The Morgan fingerprint density at radius 1 is 1.20 bits per heavy atom. The smallest absolute Gasteiger partial charge is 0.261 e. The second-order valence-electron chi connectivity index (χ2n) is 5.64. The number of nitrogens with one attached hydrogen (secondary N) is 1. The highest BCUT2D eigenvalue weighted by atomic mass is 16.1. The van der Waals surface area contributed by atoms with Crippen molar-refractivity contribution in [3.8, 4) is 12.3 Å². The number of amides is 1. The molecule has 5 heteroatoms. The van der Waals surface area contributed by atoms with Crippen molar-refractivity contribution in [3.63, 3.8) is 0 Å². The zero-order valence-electron chi connectivity index (χ0n) is 13.6. The number of hydrogen-bond acceptors (Lipinski definition) is 3. The Balaban J connectivity index is 1.59. The van der Waals surface area contributed by atoms with Gasteiger partial charge in [-0.15, -0.1) is 6.42 Å². The van der Waals surface area contributed by atoms with Crippen LogP contribution in [-0.4, -0.2) is 15.5 Å². The summed E-state index contributed by atoms with van der Waals surface area (Å²) in [4.78, 5) is 28.7. The second kappa shape index (κ2) is 7.45. The first kappa shape index (κ1) is 16.5. The number of benzene rings is 2. The van der Waals surface area contributed by atoms with Crippen molar-refractivity contribution in [1.82, 2.24) is 9.55 Å². The van der Waals surface area contributed by atoms with Gasteiger partial charge in [-0.2, -0.15) is 0 Å². The summed E-state index contributed by atoms with van der Waals surface area (Å²) >= 11 is 0. The van der Waals surface area contributed by atoms with Gasteiger partial charge in [0.15, 0.2) is 0 Å². The van der Waals surface area contributed by atoms with E-state index in [0.717, 1.165) is 0 Å². The number of terminal acetylenes is 1. The summed E-state index contributed by atoms with van der Waals surface area (Å²) in [5.74, 6) is 2.41. The lowest BCUT2D eigenvalue weighted by molar-refractivity contribution is -0.116. The van der Waals surface area contributed by atoms with Gasteiger partial charge in [-0.1, -0.05) is 24.1 Å². The maximum atomic E-state index is 12.4. The van der Waals surface area contributed by atoms with Crippen LogP contribution in [0.25, 0.3) is 10.9 Å². The van der Waals surface area contributed by atoms with Crippen LogP contribution in [-0.2, 0) is 11.3 Å². The summed E-state index contributed by atoms with van der Waals surface area (Å²) in [5, 5.41) is 3.39. The van der Waals surface area contributed by atoms with Gasteiger partial charge in [0.25, 0.3) is 5.56 Å². The number of carbonyl (C=O) groups is 1. The van der Waals surface area contributed by atoms with Crippen molar-refractivity contribution in [2.24, 2.45) is 0 Å². The van der Waals surface area contributed by atoms with Crippen LogP contribution in [0.15, 0.2) is 59.7 Å². The molecule has 0 spiro atoms. The molecule has 1 heterocycles. The largest absolute Gasteiger partial charge is 0.326 e. The van der Waals surface area contributed by atoms with Gasteiger partial charge in [0.05, 0.1) is 17.2 Å². The first-order valence-corrected chi connectivity index (χ1v) is 7.98. The first-order chi connectivity index (χ1) is 12.2. The van der Waals surface area contributed by atoms with E-state index in [9.17, 15) is 9.59 Å². The van der Waals surface area contributed by atoms with Gasteiger partial charge < -0.3 is 5.32 Å². The minimum Gasteiger partial charge on any atom is -0.326 e. The molecule has 0 aliphatic carbocycles. The normalized spacial score (nSPS) is 10.4. The van der Waals surface area contributed by atoms with E-state index in [0.29, 0.717) is 41.5 Å². The average molecular weight is 331 g/mol. The molecule has 2 aromatic carbocycles. The van der Waals surface area contributed by atoms with E-state index >= 15 is 0 Å². The van der Waals surface area contributed by atoms with Gasteiger partial charge in [-0.3, -0.25) is 14.2 Å². The van der Waals surface area contributed by atoms with Crippen molar-refractivity contribution in [1.29, 1.82) is 0 Å². The van der Waals surface area contributed by atoms with Crippen molar-refractivity contribution < 1.29 is 4.79 Å². The number of carbonyl (C=O) groups excluding carboxylic acids is 1. The summed E-state index contributed by atoms with van der Waals surface area (Å²) < 4.78 is 1.54. The monoisotopic (exact) mass is 331 g/mol. The van der Waals surface area contributed by atoms with Crippen molar-refractivity contribution in [3.05, 3.63) is 70.8 Å². The van der Waals surface area contributed by atoms with Crippen LogP contribution >= 0.6 is 0 Å². The molecule has 0 saturated heterocycles. The fraction of sp³-hybridized carbons (Fsp3) is 0.150. The van der Waals surface area contributed by atoms with E-state index in [1.807, 2.05) is 12.1 Å². The van der Waals surface area contributed by atoms with E-state index < -0.39 is 0 Å². The summed E-state index contributed by atoms with van der Waals surface area (Å²) in [6.45, 7) is 0.439. The zero-order chi connectivity index (χ0) is 17.6. The Bertz CT molecular complexity index is 1020. The lowest BCUT2D eigenvalue weighted by Crippen LogP contribution is -2.21. The molecule has 0 aliphatic heterocycles. The van der Waals surface area contributed by atoms with Crippen molar-refractivity contribution in [2.45, 2.75) is 19.4 Å². The molecule has 5 nitrogen and oxygen atoms in total. The van der Waals surface area contributed by atoms with Crippen LogP contribution in [0, 0.1) is 12.3 Å². The molecule has 0 fully saturated rings. The quantitative estimate of drug-likeness (QED) is 0.731. The Morgan fingerprint density at radius 2 is 2.04 bits per heavy atom. The predicted octanol–water partition coefficient (Wildman–Crippen LogP) is 2.80. The molecule has 1 N–H and O–H groups in total. The van der Waals surface area contributed by atoms with E-state index in [1.54, 1.807) is 36.4 Å². The minimum absolute atomic E-state index is 0.0901. The van der Waals surface area contributed by atoms with E-state index in [1.165, 1.54) is 10.9 Å². The predicted molar refractivity (Wildman–Crippen MR) is 98.2 cm³/mol. The fourth-order valence-electron chi connectivity index (χ4n) is 2.59. The Morgan fingerprint density at radius 3 is 2.88 bits per heavy atom. The van der Waals surface area contributed by atoms with Crippen LogP contribution in [0.3, 0.4) is 0 Å². The molecule has 0 bridgehead atoms. The average Bonchev–Trinajstić information content (AvgIpc) is 2.64. The third kappa shape index (κ3) is 3.93. The van der Waals surface area contributed by atoms with E-state index in [4.69, 9.17) is 6.42 Å². The molecular formula is C20H17N3O2. The fourth-order valence-corrected chi connectivity index (χ4v) is 2.59. The van der Waals surface area contributed by atoms with Crippen LogP contribution in [0.2, 0.25) is 0 Å². The maximum Gasteiger partial charge on any atom is 0.261 e. The van der Waals surface area contributed by atoms with Crippen molar-refractivity contribution in [2.75, 3.05) is 5.32 Å². The van der Waals surface area contributed by atoms with Crippen LogP contribution in [0.4, 0.5) is 5.69 Å². The molecule has 25 heavy (non-hydrogen) atoms. The highest BCUT2D eigenvalue weighted by Crippen LogP contribution is 2.10. The molecule has 0 atom stereocenters. The highest BCUT2D eigenvalue weighted by molar-refractivity contribution is 5.90. The third-order valence-electron chi connectivity index (χ3n) is 3.85. The molecule has 1 amide bonds. The van der Waals surface area contributed by atoms with Gasteiger partial charge in [0.1, 0.15) is 0 Å². The summed E-state index contributed by atoms with van der Waals surface area (Å²) in [6.07, 6.45) is 7.72. The van der Waals surface area contributed by atoms with Gasteiger partial charge in [0.2, 0.25) is 5.91 Å². The molecule has 124 valence electrons. The topological polar surface area (TPSA) is 64.0 Å². The van der Waals surface area contributed by atoms with Crippen molar-refractivity contribution >= 4 is 22.5 Å². The molecular weight excluding hydrogens is 314 g/mol. The number of hydrogen-bond donors (Lipinski definition) is 1. The maximum absolute atomic E-state index is 12.4. The lowest BCUT2D eigenvalue weighted by atomic mass is 10.2. The number of fused-ring (bicyclic) bond motifs is 1. The number of nitrogens with zero attached hydrogens (tertiary/aromatic N) is 2. The van der Waals surface area contributed by atoms with Gasteiger partial charge >= 0.3 is 0 Å². The summed E-state index contributed by atoms with van der Waals surface area (Å²) in [5.41, 5.74) is 1.97. The van der Waals surface area contributed by atoms with E-state index in [2.05, 4.69) is 16.2 Å². The molecule has 0 radical (unpaired) electrons. The number of rotatable bonds is 5. The number of aromatic nitrogens is 2. The Kier molecular flexibility index (Phi) is 4.91. The molecule has 3 aromatic rings. The molecule has 0 unspecified atom stereocenters. The molecule has 1 aromatic heterocycles. The van der Waals surface area contributed by atoms with Gasteiger partial charge in [-0.25, -0.2) is 4.98 Å². The Hall–Kier alpha value is -3.39. The molecule has 0 aliphatic rings. The highest BCUT2D eigenvalue weighted by Gasteiger charge is 2.06. The standard InChI is InChI=1S/C20H17N3O2/c1-2-15-7-5-8-16(13-15)22-19(24)11-6-12-23-14-21-18-10-4-3-9-17(18)20(23)25/h1,3-5,7-10,13-14H,6,11-12H2,(H,22,24). The number of anilines is 1. The van der Waals surface area contributed by atoms with Gasteiger partial charge in [-0.05, 0) is 36.8 Å². The summed E-state index contributed by atoms with van der Waals surface area (Å²) in [7, 11) is 0. The SMILES string of the molecule is C#Cc1cccc(NC(=O)CCCn2cnc3ccccc3c2=O)c1. The second-order valence-corrected chi connectivity index (χ2v) is 5.64. The summed E-state index contributed by atoms with van der Waals surface area (Å²) in [6, 6.07) is 14.4. The zero-order valence-corrected chi connectivity index (χ0v) is 13.6. The number of aryl methyl sites for hydroxylation is 1. The van der Waals surface area contributed by atoms with Gasteiger partial charge in [0, 0.05) is 24.2 Å². The lowest BCUT2D eigenvalue weighted by Gasteiger charge is -2.08. The van der Waals surface area contributed by atoms with Crippen LogP contribution in [0.5, 0.6) is 0 Å². The third-order valence-corrected chi connectivity index (χ3v) is 3.85. The first-order valence-electron chi connectivity index (χ1n) is 7.98. The molecule has 0 saturated carbocycles. The molecule has 3 rings (SSSR count). The van der Waals surface area contributed by atoms with Crippen LogP contribution in [0.1, 0.15) is 18.4 Å². The van der Waals surface area contributed by atoms with E-state index in [-0.39, 0.29) is 11.5 Å². The van der Waals surface area contributed by atoms with Crippen LogP contribution < -0.4 is 10.9 Å². The Labute approximate surface area is 145 Å².